The van der Waals surface area contributed by atoms with Gasteiger partial charge in [0, 0.05) is 0 Å². The van der Waals surface area contributed by atoms with E-state index in [2.05, 4.69) is 59.8 Å². The Labute approximate surface area is 199 Å². The summed E-state index contributed by atoms with van der Waals surface area (Å²) < 4.78 is 0. The highest BCUT2D eigenvalue weighted by atomic mass is 16.3. The second kappa shape index (κ2) is 9.59. The first kappa shape index (κ1) is 24.6. The summed E-state index contributed by atoms with van der Waals surface area (Å²) in [5.74, 6) is 5.90. The summed E-state index contributed by atoms with van der Waals surface area (Å²) in [5.41, 5.74) is 2.49. The highest BCUT2D eigenvalue weighted by molar-refractivity contribution is 5.27. The Kier molecular flexibility index (Phi) is 7.36. The number of aliphatic hydroxyl groups is 1. The van der Waals surface area contributed by atoms with Crippen LogP contribution in [0.2, 0.25) is 0 Å². The molecule has 0 spiro atoms. The van der Waals surface area contributed by atoms with Crippen LogP contribution in [0, 0.1) is 52.3 Å². The van der Waals surface area contributed by atoms with Crippen LogP contribution in [0.4, 0.5) is 0 Å². The number of hydrogen-bond acceptors (Lipinski definition) is 1. The van der Waals surface area contributed by atoms with Crippen LogP contribution in [0.3, 0.4) is 0 Å². The van der Waals surface area contributed by atoms with Crippen molar-refractivity contribution in [3.63, 3.8) is 0 Å². The van der Waals surface area contributed by atoms with Crippen LogP contribution in [0.15, 0.2) is 23.8 Å². The lowest BCUT2D eigenvalue weighted by atomic mass is 9.44. The van der Waals surface area contributed by atoms with Gasteiger partial charge in [0.25, 0.3) is 0 Å². The summed E-state index contributed by atoms with van der Waals surface area (Å²) in [6.07, 6.45) is 21.5. The lowest BCUT2D eigenvalue weighted by molar-refractivity contribution is -0.0786. The van der Waals surface area contributed by atoms with Crippen molar-refractivity contribution in [2.75, 3.05) is 0 Å². The third-order valence-electron chi connectivity index (χ3n) is 11.3. The van der Waals surface area contributed by atoms with Crippen LogP contribution in [0.5, 0.6) is 0 Å². The Morgan fingerprint density at radius 3 is 2.59 bits per heavy atom. The molecule has 3 fully saturated rings. The van der Waals surface area contributed by atoms with Gasteiger partial charge in [-0.25, -0.2) is 0 Å². The van der Waals surface area contributed by atoms with Crippen molar-refractivity contribution in [1.29, 1.82) is 0 Å². The predicted octanol–water partition coefficient (Wildman–Crippen LogP) is 8.58. The molecule has 0 radical (unpaired) electrons. The Morgan fingerprint density at radius 2 is 1.88 bits per heavy atom. The Bertz CT molecular complexity index is 703. The number of aliphatic hydroxyl groups excluding tert-OH is 1. The molecule has 9 atom stereocenters. The van der Waals surface area contributed by atoms with Gasteiger partial charge in [-0.05, 0) is 111 Å². The fraction of sp³-hybridized carbons (Fsp3) is 0.871. The van der Waals surface area contributed by atoms with E-state index in [9.17, 15) is 5.11 Å². The third kappa shape index (κ3) is 4.18. The van der Waals surface area contributed by atoms with Crippen molar-refractivity contribution in [3.8, 4) is 0 Å². The van der Waals surface area contributed by atoms with E-state index in [4.69, 9.17) is 0 Å². The first-order valence-corrected chi connectivity index (χ1v) is 14.2. The molecule has 0 saturated heterocycles. The monoisotopic (exact) mass is 440 g/mol. The molecule has 1 N–H and O–H groups in total. The number of fused-ring (bicyclic) bond motifs is 5. The quantitative estimate of drug-likeness (QED) is 0.393. The molecule has 0 aromatic rings. The lowest BCUT2D eigenvalue weighted by Crippen LogP contribution is -2.53. The molecule has 0 amide bonds. The molecule has 32 heavy (non-hydrogen) atoms. The number of rotatable bonds is 7. The van der Waals surface area contributed by atoms with Gasteiger partial charge in [0.15, 0.2) is 0 Å². The van der Waals surface area contributed by atoms with Crippen LogP contribution in [-0.4, -0.2) is 11.2 Å². The van der Waals surface area contributed by atoms with Gasteiger partial charge in [-0.2, -0.15) is 0 Å². The van der Waals surface area contributed by atoms with Crippen molar-refractivity contribution in [1.82, 2.24) is 0 Å². The molecule has 0 aromatic carbocycles. The normalized spacial score (nSPS) is 44.8. The molecule has 0 bridgehead atoms. The van der Waals surface area contributed by atoms with Gasteiger partial charge >= 0.3 is 0 Å². The topological polar surface area (TPSA) is 20.2 Å². The fourth-order valence-electron chi connectivity index (χ4n) is 9.54. The van der Waals surface area contributed by atoms with Crippen LogP contribution in [0.25, 0.3) is 0 Å². The van der Waals surface area contributed by atoms with E-state index < -0.39 is 0 Å². The van der Waals surface area contributed by atoms with E-state index in [1.807, 2.05) is 0 Å². The zero-order chi connectivity index (χ0) is 23.1. The van der Waals surface area contributed by atoms with E-state index in [0.717, 1.165) is 54.8 Å². The minimum atomic E-state index is -0.127. The molecule has 0 aliphatic heterocycles. The minimum absolute atomic E-state index is 0.127. The smallest absolute Gasteiger partial charge is 0.0580 e. The number of allylic oxidation sites excluding steroid dienone is 3. The Morgan fingerprint density at radius 1 is 1.09 bits per heavy atom. The summed E-state index contributed by atoms with van der Waals surface area (Å²) in [5, 5.41) is 10.7. The van der Waals surface area contributed by atoms with Crippen molar-refractivity contribution >= 4 is 0 Å². The van der Waals surface area contributed by atoms with E-state index in [1.165, 1.54) is 51.4 Å². The molecule has 4 rings (SSSR count). The van der Waals surface area contributed by atoms with Gasteiger partial charge in [0.2, 0.25) is 0 Å². The van der Waals surface area contributed by atoms with Crippen LogP contribution < -0.4 is 0 Å². The first-order chi connectivity index (χ1) is 15.2. The average Bonchev–Trinajstić information content (AvgIpc) is 3.09. The molecule has 0 aromatic heterocycles. The predicted molar refractivity (Wildman–Crippen MR) is 137 cm³/mol. The molecule has 3 saturated carbocycles. The number of hydrogen-bond donors (Lipinski definition) is 1. The van der Waals surface area contributed by atoms with Crippen LogP contribution in [-0.2, 0) is 0 Å². The van der Waals surface area contributed by atoms with Crippen molar-refractivity contribution in [2.24, 2.45) is 52.3 Å². The molecule has 4 aliphatic rings. The molecule has 0 heterocycles. The van der Waals surface area contributed by atoms with Gasteiger partial charge in [-0.15, -0.1) is 0 Å². The average molecular weight is 441 g/mol. The van der Waals surface area contributed by atoms with E-state index >= 15 is 0 Å². The zero-order valence-corrected chi connectivity index (χ0v) is 22.1. The maximum Gasteiger partial charge on any atom is 0.0580 e. The second-order valence-corrected chi connectivity index (χ2v) is 13.3. The van der Waals surface area contributed by atoms with E-state index in [0.29, 0.717) is 16.7 Å². The maximum atomic E-state index is 10.7. The van der Waals surface area contributed by atoms with Gasteiger partial charge in [0.05, 0.1) is 6.10 Å². The van der Waals surface area contributed by atoms with Crippen molar-refractivity contribution < 1.29 is 5.11 Å². The van der Waals surface area contributed by atoms with Gasteiger partial charge < -0.3 is 5.11 Å². The Balaban J connectivity index is 1.54. The summed E-state index contributed by atoms with van der Waals surface area (Å²) >= 11 is 0. The summed E-state index contributed by atoms with van der Waals surface area (Å²) in [6.45, 7) is 14.8. The third-order valence-corrected chi connectivity index (χ3v) is 11.3. The highest BCUT2D eigenvalue weighted by Gasteiger charge is 2.60. The molecule has 4 aliphatic carbocycles. The van der Waals surface area contributed by atoms with Gasteiger partial charge in [-0.3, -0.25) is 0 Å². The van der Waals surface area contributed by atoms with E-state index in [1.54, 1.807) is 5.57 Å². The summed E-state index contributed by atoms with van der Waals surface area (Å²) in [7, 11) is 0. The second-order valence-electron chi connectivity index (χ2n) is 13.3. The van der Waals surface area contributed by atoms with Gasteiger partial charge in [0.1, 0.15) is 0 Å². The lowest BCUT2D eigenvalue weighted by Gasteiger charge is -2.60. The van der Waals surface area contributed by atoms with Crippen molar-refractivity contribution in [3.05, 3.63) is 23.8 Å². The molecule has 1 heteroatoms. The molecular formula is C31H52O. The maximum absolute atomic E-state index is 10.7. The zero-order valence-electron chi connectivity index (χ0n) is 22.1. The summed E-state index contributed by atoms with van der Waals surface area (Å²) in [4.78, 5) is 0. The SMILES string of the molecule is CC=CCC1C[C@H](O)CC2=CC[C@H]3[C@@H]4CC[C@H]([C@H](C)CCCC(C)C)[C@@]4(C)CC[C@@H]3[C@]21C. The minimum Gasteiger partial charge on any atom is -0.393 e. The highest BCUT2D eigenvalue weighted by Crippen LogP contribution is 2.68. The molecule has 182 valence electrons. The van der Waals surface area contributed by atoms with Crippen LogP contribution >= 0.6 is 0 Å². The largest absolute Gasteiger partial charge is 0.393 e. The molecule has 1 nitrogen and oxygen atoms in total. The first-order valence-electron chi connectivity index (χ1n) is 14.2. The van der Waals surface area contributed by atoms with Gasteiger partial charge in [-0.1, -0.05) is 77.7 Å². The molecule has 1 unspecified atom stereocenters. The van der Waals surface area contributed by atoms with Crippen LogP contribution in [0.1, 0.15) is 112 Å². The fourth-order valence-corrected chi connectivity index (χ4v) is 9.54. The van der Waals surface area contributed by atoms with Crippen molar-refractivity contribution in [2.45, 2.75) is 118 Å². The summed E-state index contributed by atoms with van der Waals surface area (Å²) in [6, 6.07) is 0. The molecular weight excluding hydrogens is 388 g/mol. The van der Waals surface area contributed by atoms with E-state index in [-0.39, 0.29) is 6.10 Å². The Hall–Kier alpha value is -0.560. The standard InChI is InChI=1S/C31H52O/c1-7-8-12-23-19-25(32)20-24-13-14-26-28-16-15-27(22(4)11-9-10-21(2)3)30(28,5)18-17-29(26)31(23,24)6/h7-8,13,21-23,25-29,32H,9-12,14-20H2,1-6H3/t22-,23?,25+,26+,27-,28+,29+,30-,31+/m1/s1.